The Bertz CT molecular complexity index is 1040. The number of rotatable bonds is 8. The first-order valence-corrected chi connectivity index (χ1v) is 9.55. The number of amides is 1. The van der Waals surface area contributed by atoms with Gasteiger partial charge in [0.2, 0.25) is 5.91 Å². The lowest BCUT2D eigenvalue weighted by molar-refractivity contribution is -0.143. The Balaban J connectivity index is 1.89. The molecule has 3 rings (SSSR count). The first-order valence-electron chi connectivity index (χ1n) is 8.73. The molecule has 0 spiro atoms. The van der Waals surface area contributed by atoms with Crippen molar-refractivity contribution in [2.45, 2.75) is 13.1 Å². The van der Waals surface area contributed by atoms with Gasteiger partial charge in [-0.1, -0.05) is 17.4 Å². The smallest absolute Gasteiger partial charge is 0.437 e. The number of alkyl halides is 3. The van der Waals surface area contributed by atoms with Gasteiger partial charge in [-0.2, -0.15) is 13.2 Å². The molecular formula is C19H18F3N3O4S. The van der Waals surface area contributed by atoms with Crippen LogP contribution < -0.4 is 10.1 Å². The average Bonchev–Trinajstić information content (AvgIpc) is 3.07. The lowest BCUT2D eigenvalue weighted by Crippen LogP contribution is -2.14. The number of anilines is 1. The summed E-state index contributed by atoms with van der Waals surface area (Å²) in [6.45, 7) is 1.49. The van der Waals surface area contributed by atoms with Crippen LogP contribution in [-0.4, -0.2) is 43.0 Å². The third-order valence-electron chi connectivity index (χ3n) is 3.86. The number of methoxy groups -OCH3 is 1. The number of nitrogens with zero attached hydrogens (tertiary/aromatic N) is 2. The maximum absolute atomic E-state index is 13.3. The molecule has 11 heteroatoms. The van der Waals surface area contributed by atoms with E-state index in [0.29, 0.717) is 28.4 Å². The molecule has 0 fully saturated rings. The van der Waals surface area contributed by atoms with Gasteiger partial charge in [-0.15, -0.1) is 0 Å². The van der Waals surface area contributed by atoms with Gasteiger partial charge in [-0.3, -0.25) is 4.79 Å². The number of nitrogens with one attached hydrogen (secondary N) is 1. The summed E-state index contributed by atoms with van der Waals surface area (Å²) in [5, 5.41) is 3.05. The Morgan fingerprint density at radius 3 is 2.70 bits per heavy atom. The van der Waals surface area contributed by atoms with Crippen molar-refractivity contribution in [3.63, 3.8) is 0 Å². The summed E-state index contributed by atoms with van der Waals surface area (Å²) < 4.78 is 55.7. The Morgan fingerprint density at radius 2 is 2.00 bits per heavy atom. The Morgan fingerprint density at radius 1 is 1.20 bits per heavy atom. The highest BCUT2D eigenvalue weighted by Gasteiger charge is 2.36. The van der Waals surface area contributed by atoms with Crippen LogP contribution in [0, 0.1) is 0 Å². The third-order valence-corrected chi connectivity index (χ3v) is 4.79. The number of pyridine rings is 1. The van der Waals surface area contributed by atoms with Gasteiger partial charge in [0, 0.05) is 25.8 Å². The summed E-state index contributed by atoms with van der Waals surface area (Å²) in [6.07, 6.45) is -3.53. The molecule has 3 aromatic rings. The van der Waals surface area contributed by atoms with E-state index in [9.17, 15) is 18.0 Å². The quantitative estimate of drug-likeness (QED) is 0.414. The van der Waals surface area contributed by atoms with Crippen molar-refractivity contribution in [3.8, 4) is 16.9 Å². The monoisotopic (exact) mass is 441 g/mol. The number of carbonyl (C=O) groups is 1. The van der Waals surface area contributed by atoms with E-state index in [1.165, 1.54) is 31.4 Å². The maximum atomic E-state index is 13.3. The highest BCUT2D eigenvalue weighted by Crippen LogP contribution is 2.37. The van der Waals surface area contributed by atoms with E-state index in [0.717, 1.165) is 10.9 Å². The molecule has 0 radical (unpaired) electrons. The summed E-state index contributed by atoms with van der Waals surface area (Å²) in [7, 11) is 1.48. The van der Waals surface area contributed by atoms with E-state index < -0.39 is 17.6 Å². The number of carbonyl (C=O) groups excluding carboxylic acids is 1. The molecule has 1 N–H and O–H groups in total. The molecule has 0 saturated heterocycles. The average molecular weight is 441 g/mol. The van der Waals surface area contributed by atoms with E-state index in [-0.39, 0.29) is 19.3 Å². The topological polar surface area (TPSA) is 82.6 Å². The van der Waals surface area contributed by atoms with Crippen LogP contribution in [0.1, 0.15) is 12.6 Å². The van der Waals surface area contributed by atoms with Crippen LogP contribution in [0.25, 0.3) is 21.3 Å². The fourth-order valence-electron chi connectivity index (χ4n) is 2.54. The van der Waals surface area contributed by atoms with Crippen LogP contribution >= 0.6 is 11.3 Å². The Labute approximate surface area is 173 Å². The predicted molar refractivity (Wildman–Crippen MR) is 105 cm³/mol. The van der Waals surface area contributed by atoms with Crippen LogP contribution in [0.5, 0.6) is 5.75 Å². The molecule has 1 amide bonds. The number of aromatic nitrogens is 2. The zero-order chi connectivity index (χ0) is 21.7. The first kappa shape index (κ1) is 21.9. The zero-order valence-corrected chi connectivity index (χ0v) is 16.9. The second-order valence-electron chi connectivity index (χ2n) is 6.11. The lowest BCUT2D eigenvalue weighted by Gasteiger charge is -2.14. The minimum Gasteiger partial charge on any atom is -0.465 e. The summed E-state index contributed by atoms with van der Waals surface area (Å²) in [6, 6.07) is 6.47. The molecule has 0 aliphatic carbocycles. The molecule has 2 aromatic heterocycles. The van der Waals surface area contributed by atoms with Gasteiger partial charge in [0.05, 0.1) is 23.4 Å². The van der Waals surface area contributed by atoms with Gasteiger partial charge in [-0.05, 0) is 23.8 Å². The molecule has 0 aliphatic heterocycles. The first-order chi connectivity index (χ1) is 14.3. The van der Waals surface area contributed by atoms with Crippen LogP contribution in [0.3, 0.4) is 0 Å². The second-order valence-corrected chi connectivity index (χ2v) is 7.15. The molecule has 0 unspecified atom stereocenters. The van der Waals surface area contributed by atoms with Crippen molar-refractivity contribution in [1.82, 2.24) is 9.97 Å². The summed E-state index contributed by atoms with van der Waals surface area (Å²) in [4.78, 5) is 19.1. The minimum absolute atomic E-state index is 0.184. The Hall–Kier alpha value is -2.76. The van der Waals surface area contributed by atoms with Crippen LogP contribution in [0.4, 0.5) is 18.3 Å². The molecular weight excluding hydrogens is 423 g/mol. The number of fused-ring (bicyclic) bond motifs is 1. The highest BCUT2D eigenvalue weighted by molar-refractivity contribution is 7.22. The fraction of sp³-hybridized carbons (Fsp3) is 0.316. The van der Waals surface area contributed by atoms with Crippen molar-refractivity contribution >= 4 is 32.6 Å². The molecule has 0 saturated carbocycles. The lowest BCUT2D eigenvalue weighted by atomic mass is 10.1. The largest absolute Gasteiger partial charge is 0.465 e. The molecule has 1 aromatic carbocycles. The predicted octanol–water partition coefficient (Wildman–Crippen LogP) is 4.33. The van der Waals surface area contributed by atoms with Gasteiger partial charge < -0.3 is 19.5 Å². The molecule has 30 heavy (non-hydrogen) atoms. The highest BCUT2D eigenvalue weighted by atomic mass is 32.1. The van der Waals surface area contributed by atoms with E-state index >= 15 is 0 Å². The van der Waals surface area contributed by atoms with E-state index in [1.54, 1.807) is 18.2 Å². The van der Waals surface area contributed by atoms with E-state index in [1.807, 2.05) is 0 Å². The van der Waals surface area contributed by atoms with Crippen LogP contribution in [-0.2, 0) is 20.4 Å². The zero-order valence-electron chi connectivity index (χ0n) is 16.1. The summed E-state index contributed by atoms with van der Waals surface area (Å²) in [5.41, 5.74) is 0.599. The number of benzene rings is 1. The molecule has 0 bridgehead atoms. The molecule has 2 heterocycles. The van der Waals surface area contributed by atoms with Crippen LogP contribution in [0.15, 0.2) is 30.5 Å². The van der Waals surface area contributed by atoms with Gasteiger partial charge in [0.25, 0.3) is 0 Å². The Kier molecular flexibility index (Phi) is 6.85. The normalized spacial score (nSPS) is 11.6. The van der Waals surface area contributed by atoms with Gasteiger partial charge in [-0.25, -0.2) is 9.97 Å². The van der Waals surface area contributed by atoms with Crippen molar-refractivity contribution in [2.24, 2.45) is 0 Å². The minimum atomic E-state index is -4.67. The standard InChI is InChI=1S/C19H18F3N3O4S/c1-11(26)24-18-25-14-4-3-12(8-16(14)30-18)13-7-15(29-10-28-6-5-27-2)17(23-9-13)19(20,21)22/h3-4,7-9H,5-6,10H2,1-2H3,(H,24,25,26). The van der Waals surface area contributed by atoms with E-state index in [4.69, 9.17) is 14.2 Å². The number of thiazole rings is 1. The van der Waals surface area contributed by atoms with Gasteiger partial charge in [0.1, 0.15) is 0 Å². The van der Waals surface area contributed by atoms with Crippen molar-refractivity contribution < 1.29 is 32.2 Å². The van der Waals surface area contributed by atoms with Crippen molar-refractivity contribution in [3.05, 3.63) is 36.2 Å². The molecule has 7 nitrogen and oxygen atoms in total. The third kappa shape index (κ3) is 5.43. The number of hydrogen-bond acceptors (Lipinski definition) is 7. The fourth-order valence-corrected chi connectivity index (χ4v) is 3.49. The van der Waals surface area contributed by atoms with Crippen molar-refractivity contribution in [2.75, 3.05) is 32.4 Å². The second kappa shape index (κ2) is 9.37. The molecule has 0 atom stereocenters. The maximum Gasteiger partial charge on any atom is 0.437 e. The van der Waals surface area contributed by atoms with Crippen LogP contribution in [0.2, 0.25) is 0 Å². The number of halogens is 3. The molecule has 160 valence electrons. The van der Waals surface area contributed by atoms with Crippen molar-refractivity contribution in [1.29, 1.82) is 0 Å². The van der Waals surface area contributed by atoms with Gasteiger partial charge in [0.15, 0.2) is 23.4 Å². The van der Waals surface area contributed by atoms with Gasteiger partial charge >= 0.3 is 6.18 Å². The van der Waals surface area contributed by atoms with E-state index in [2.05, 4.69) is 15.3 Å². The molecule has 0 aliphatic rings. The summed E-state index contributed by atoms with van der Waals surface area (Å²) in [5.74, 6) is -0.670. The SMILES string of the molecule is COCCOCOc1cc(-c2ccc3nc(NC(C)=O)sc3c2)cnc1C(F)(F)F. The number of ether oxygens (including phenoxy) is 3. The number of hydrogen-bond donors (Lipinski definition) is 1. The summed E-state index contributed by atoms with van der Waals surface area (Å²) >= 11 is 1.26.